The topological polar surface area (TPSA) is 66.5 Å². The Bertz CT molecular complexity index is 506. The second-order valence-electron chi connectivity index (χ2n) is 5.82. The average molecular weight is 326 g/mol. The first kappa shape index (κ1) is 17.2. The van der Waals surface area contributed by atoms with E-state index in [1.807, 2.05) is 13.8 Å². The lowest BCUT2D eigenvalue weighted by atomic mass is 10.2. The van der Waals surface area contributed by atoms with Crippen LogP contribution in [-0.2, 0) is 11.3 Å². The van der Waals surface area contributed by atoms with Gasteiger partial charge in [-0.1, -0.05) is 0 Å². The lowest BCUT2D eigenvalue weighted by Crippen LogP contribution is -2.52. The van der Waals surface area contributed by atoms with E-state index in [1.54, 1.807) is 11.3 Å². The summed E-state index contributed by atoms with van der Waals surface area (Å²) in [6.07, 6.45) is 0. The van der Waals surface area contributed by atoms with Gasteiger partial charge in [0.2, 0.25) is 0 Å². The molecule has 0 saturated carbocycles. The normalized spacial score (nSPS) is 20.6. The monoisotopic (exact) mass is 326 g/mol. The standard InChI is InChI=1S/C15H26N4O2S/c1-10(19-5-6-21-9-11(19)2)7-16-15(20)17-8-14-12(3)18-13(4)22-14/h10-11H,5-9H2,1-4H3,(H2,16,17,20)/t10-,11+/m1/s1. The molecule has 1 aromatic rings. The van der Waals surface area contributed by atoms with Crippen molar-refractivity contribution in [3.8, 4) is 0 Å². The number of hydrogen-bond donors (Lipinski definition) is 2. The van der Waals surface area contributed by atoms with Crippen LogP contribution >= 0.6 is 11.3 Å². The van der Waals surface area contributed by atoms with Crippen molar-refractivity contribution >= 4 is 17.4 Å². The Labute approximate surface area is 136 Å². The first-order chi connectivity index (χ1) is 10.5. The summed E-state index contributed by atoms with van der Waals surface area (Å²) >= 11 is 1.63. The van der Waals surface area contributed by atoms with E-state index < -0.39 is 0 Å². The van der Waals surface area contributed by atoms with Crippen LogP contribution in [0, 0.1) is 13.8 Å². The number of ether oxygens (including phenoxy) is 1. The van der Waals surface area contributed by atoms with Crippen LogP contribution in [0.2, 0.25) is 0 Å². The van der Waals surface area contributed by atoms with Crippen molar-refractivity contribution in [3.05, 3.63) is 15.6 Å². The average Bonchev–Trinajstić information content (AvgIpc) is 2.81. The second kappa shape index (κ2) is 7.89. The Kier molecular flexibility index (Phi) is 6.16. The molecule has 1 fully saturated rings. The number of nitrogens with one attached hydrogen (secondary N) is 2. The number of amides is 2. The van der Waals surface area contributed by atoms with Crippen LogP contribution in [0.25, 0.3) is 0 Å². The van der Waals surface area contributed by atoms with Crippen LogP contribution < -0.4 is 10.6 Å². The zero-order valence-corrected chi connectivity index (χ0v) is 14.6. The molecule has 2 atom stereocenters. The summed E-state index contributed by atoms with van der Waals surface area (Å²) in [4.78, 5) is 19.8. The number of hydrogen-bond acceptors (Lipinski definition) is 5. The molecular formula is C15H26N4O2S. The highest BCUT2D eigenvalue weighted by atomic mass is 32.1. The summed E-state index contributed by atoms with van der Waals surface area (Å²) in [5, 5.41) is 6.88. The number of urea groups is 1. The molecule has 2 heterocycles. The molecule has 2 N–H and O–H groups in total. The molecule has 22 heavy (non-hydrogen) atoms. The van der Waals surface area contributed by atoms with Crippen molar-refractivity contribution in [2.75, 3.05) is 26.3 Å². The van der Waals surface area contributed by atoms with Crippen LogP contribution in [0.1, 0.15) is 29.4 Å². The largest absolute Gasteiger partial charge is 0.379 e. The molecule has 1 aliphatic heterocycles. The molecule has 0 aromatic carbocycles. The smallest absolute Gasteiger partial charge is 0.315 e. The predicted octanol–water partition coefficient (Wildman–Crippen LogP) is 1.67. The molecule has 0 spiro atoms. The molecule has 1 aliphatic rings. The molecule has 0 unspecified atom stereocenters. The van der Waals surface area contributed by atoms with Crippen molar-refractivity contribution in [1.82, 2.24) is 20.5 Å². The third-order valence-corrected chi connectivity index (χ3v) is 5.03. The molecule has 0 aliphatic carbocycles. The van der Waals surface area contributed by atoms with Crippen molar-refractivity contribution in [1.29, 1.82) is 0 Å². The molecule has 7 heteroatoms. The molecule has 1 aromatic heterocycles. The summed E-state index contributed by atoms with van der Waals surface area (Å²) in [6.45, 7) is 11.9. The maximum absolute atomic E-state index is 11.9. The predicted molar refractivity (Wildman–Crippen MR) is 88.3 cm³/mol. The minimum Gasteiger partial charge on any atom is -0.379 e. The number of carbonyl (C=O) groups is 1. The van der Waals surface area contributed by atoms with Gasteiger partial charge in [0.25, 0.3) is 0 Å². The van der Waals surface area contributed by atoms with Crippen molar-refractivity contribution in [2.45, 2.75) is 46.3 Å². The summed E-state index contributed by atoms with van der Waals surface area (Å²) in [6, 6.07) is 0.576. The Morgan fingerprint density at radius 2 is 2.27 bits per heavy atom. The summed E-state index contributed by atoms with van der Waals surface area (Å²) in [7, 11) is 0. The van der Waals surface area contributed by atoms with Gasteiger partial charge in [-0.2, -0.15) is 0 Å². The highest BCUT2D eigenvalue weighted by Gasteiger charge is 2.23. The lowest BCUT2D eigenvalue weighted by molar-refractivity contribution is -0.0176. The van der Waals surface area contributed by atoms with Gasteiger partial charge in [0.1, 0.15) is 0 Å². The number of carbonyl (C=O) groups excluding carboxylic acids is 1. The quantitative estimate of drug-likeness (QED) is 0.864. The third kappa shape index (κ3) is 4.66. The van der Waals surface area contributed by atoms with Crippen LogP contribution in [0.3, 0.4) is 0 Å². The van der Waals surface area contributed by atoms with Gasteiger partial charge in [0.15, 0.2) is 0 Å². The highest BCUT2D eigenvalue weighted by molar-refractivity contribution is 7.11. The van der Waals surface area contributed by atoms with Gasteiger partial charge >= 0.3 is 6.03 Å². The minimum atomic E-state index is -0.127. The highest BCUT2D eigenvalue weighted by Crippen LogP contribution is 2.16. The minimum absolute atomic E-state index is 0.127. The molecular weight excluding hydrogens is 300 g/mol. The lowest BCUT2D eigenvalue weighted by Gasteiger charge is -2.37. The van der Waals surface area contributed by atoms with E-state index in [2.05, 4.69) is 34.4 Å². The van der Waals surface area contributed by atoms with Gasteiger partial charge < -0.3 is 15.4 Å². The molecule has 2 rings (SSSR count). The molecule has 1 saturated heterocycles. The number of rotatable bonds is 5. The van der Waals surface area contributed by atoms with E-state index in [9.17, 15) is 4.79 Å². The Balaban J connectivity index is 1.72. The maximum Gasteiger partial charge on any atom is 0.315 e. The Morgan fingerprint density at radius 3 is 2.91 bits per heavy atom. The SMILES string of the molecule is Cc1nc(C)c(CNC(=O)NC[C@@H](C)N2CCOC[C@@H]2C)s1. The first-order valence-electron chi connectivity index (χ1n) is 7.75. The maximum atomic E-state index is 11.9. The molecule has 2 amide bonds. The van der Waals surface area contributed by atoms with Crippen LogP contribution in [-0.4, -0.2) is 54.3 Å². The van der Waals surface area contributed by atoms with Crippen molar-refractivity contribution in [3.63, 3.8) is 0 Å². The van der Waals surface area contributed by atoms with Gasteiger partial charge in [-0.05, 0) is 27.7 Å². The van der Waals surface area contributed by atoms with Gasteiger partial charge in [0.05, 0.1) is 30.5 Å². The van der Waals surface area contributed by atoms with Crippen molar-refractivity contribution < 1.29 is 9.53 Å². The zero-order chi connectivity index (χ0) is 16.1. The fraction of sp³-hybridized carbons (Fsp3) is 0.733. The number of nitrogens with zero attached hydrogens (tertiary/aromatic N) is 2. The molecule has 6 nitrogen and oxygen atoms in total. The molecule has 0 radical (unpaired) electrons. The van der Waals surface area contributed by atoms with Gasteiger partial charge in [-0.3, -0.25) is 4.90 Å². The molecule has 124 valence electrons. The number of thiazole rings is 1. The second-order valence-corrected chi connectivity index (χ2v) is 7.10. The Hall–Kier alpha value is -1.18. The number of aryl methyl sites for hydroxylation is 2. The zero-order valence-electron chi connectivity index (χ0n) is 13.8. The van der Waals surface area contributed by atoms with Crippen molar-refractivity contribution in [2.24, 2.45) is 0 Å². The van der Waals surface area contributed by atoms with Crippen LogP contribution in [0.4, 0.5) is 4.79 Å². The fourth-order valence-electron chi connectivity index (χ4n) is 2.71. The number of aromatic nitrogens is 1. The summed E-state index contributed by atoms with van der Waals surface area (Å²) in [5.41, 5.74) is 0.998. The van der Waals surface area contributed by atoms with Gasteiger partial charge in [-0.25, -0.2) is 9.78 Å². The van der Waals surface area contributed by atoms with E-state index in [4.69, 9.17) is 4.74 Å². The first-order valence-corrected chi connectivity index (χ1v) is 8.57. The van der Waals surface area contributed by atoms with Crippen LogP contribution in [0.15, 0.2) is 0 Å². The van der Waals surface area contributed by atoms with Gasteiger partial charge in [0, 0.05) is 30.1 Å². The van der Waals surface area contributed by atoms with E-state index in [0.29, 0.717) is 25.2 Å². The molecule has 0 bridgehead atoms. The number of morpholine rings is 1. The van der Waals surface area contributed by atoms with E-state index >= 15 is 0 Å². The fourth-order valence-corrected chi connectivity index (χ4v) is 3.59. The summed E-state index contributed by atoms with van der Waals surface area (Å²) in [5.74, 6) is 0. The Morgan fingerprint density at radius 1 is 1.50 bits per heavy atom. The van der Waals surface area contributed by atoms with Crippen LogP contribution in [0.5, 0.6) is 0 Å². The van der Waals surface area contributed by atoms with E-state index in [-0.39, 0.29) is 6.03 Å². The van der Waals surface area contributed by atoms with E-state index in [1.165, 1.54) is 0 Å². The van der Waals surface area contributed by atoms with E-state index in [0.717, 1.165) is 35.3 Å². The summed E-state index contributed by atoms with van der Waals surface area (Å²) < 4.78 is 5.44. The van der Waals surface area contributed by atoms with Gasteiger partial charge in [-0.15, -0.1) is 11.3 Å². The third-order valence-electron chi connectivity index (χ3n) is 3.95.